The van der Waals surface area contributed by atoms with Gasteiger partial charge in [0.15, 0.2) is 5.76 Å². The molecule has 1 fully saturated rings. The van der Waals surface area contributed by atoms with Crippen LogP contribution in [0.1, 0.15) is 72.6 Å². The molecule has 0 saturated carbocycles. The van der Waals surface area contributed by atoms with Crippen molar-refractivity contribution in [1.82, 2.24) is 19.9 Å². The third-order valence-corrected chi connectivity index (χ3v) is 10.0. The Bertz CT molecular complexity index is 2340. The van der Waals surface area contributed by atoms with Crippen LogP contribution in [-0.4, -0.2) is 70.0 Å². The third-order valence-electron chi connectivity index (χ3n) is 10.0. The molecule has 1 aliphatic rings. The van der Waals surface area contributed by atoms with Crippen molar-refractivity contribution in [3.05, 3.63) is 123 Å². The molecular weight excluding hydrogens is 751 g/mol. The molecule has 3 aromatic carbocycles. The standard InChI is InChI=1S/C42H45FN6O9/c1-5-47-22-31(40(52)53)38(50)30-19-32(43)35(21-34(30)47)48-15-17-49(18-16-48)42(55)57-24-28-11-13-29(14-12-28)44-39(51)26(4)33-20-36(58-46-33)37(25(2)3)45-41(54)56-23-27-9-7-6-8-10-27/h6-14,19-22,25-26,37H,5,15-18,23-24H2,1-4H3,(H,44,51)(H,45,54)(H,52,53)/t26?,37-/m0/s1. The van der Waals surface area contributed by atoms with E-state index in [-0.39, 0.29) is 49.2 Å². The number of carbonyl (C=O) groups is 4. The lowest BCUT2D eigenvalue weighted by Crippen LogP contribution is -2.49. The summed E-state index contributed by atoms with van der Waals surface area (Å²) in [5.41, 5.74) is 1.97. The fourth-order valence-corrected chi connectivity index (χ4v) is 6.60. The molecule has 304 valence electrons. The number of carbonyl (C=O) groups excluding carboxylic acids is 3. The van der Waals surface area contributed by atoms with Crippen molar-refractivity contribution in [3.63, 3.8) is 0 Å². The summed E-state index contributed by atoms with van der Waals surface area (Å²) >= 11 is 0. The Morgan fingerprint density at radius 3 is 2.24 bits per heavy atom. The number of pyridine rings is 1. The molecule has 2 aromatic heterocycles. The van der Waals surface area contributed by atoms with Gasteiger partial charge in [-0.05, 0) is 55.2 Å². The van der Waals surface area contributed by atoms with Crippen LogP contribution in [0.2, 0.25) is 0 Å². The number of carboxylic acid groups (broad SMARTS) is 1. The number of nitrogens with zero attached hydrogens (tertiary/aromatic N) is 4. The van der Waals surface area contributed by atoms with E-state index in [0.29, 0.717) is 47.9 Å². The predicted octanol–water partition coefficient (Wildman–Crippen LogP) is 6.67. The zero-order chi connectivity index (χ0) is 41.5. The predicted molar refractivity (Wildman–Crippen MR) is 212 cm³/mol. The van der Waals surface area contributed by atoms with Gasteiger partial charge >= 0.3 is 18.2 Å². The third kappa shape index (κ3) is 9.45. The highest BCUT2D eigenvalue weighted by Gasteiger charge is 2.28. The van der Waals surface area contributed by atoms with Gasteiger partial charge in [-0.25, -0.2) is 18.8 Å². The van der Waals surface area contributed by atoms with Crippen LogP contribution in [0.25, 0.3) is 10.9 Å². The maximum absolute atomic E-state index is 15.3. The van der Waals surface area contributed by atoms with E-state index in [0.717, 1.165) is 11.6 Å². The monoisotopic (exact) mass is 796 g/mol. The second-order valence-electron chi connectivity index (χ2n) is 14.3. The minimum absolute atomic E-state index is 0.0115. The molecule has 0 bridgehead atoms. The Morgan fingerprint density at radius 2 is 1.59 bits per heavy atom. The highest BCUT2D eigenvalue weighted by atomic mass is 19.1. The van der Waals surface area contributed by atoms with E-state index in [1.165, 1.54) is 11.1 Å². The molecule has 3 heterocycles. The minimum Gasteiger partial charge on any atom is -0.477 e. The average molecular weight is 797 g/mol. The van der Waals surface area contributed by atoms with Crippen LogP contribution in [0, 0.1) is 11.7 Å². The number of alkyl carbamates (subject to hydrolysis) is 1. The lowest BCUT2D eigenvalue weighted by Gasteiger charge is -2.35. The van der Waals surface area contributed by atoms with Crippen LogP contribution in [0.4, 0.5) is 25.4 Å². The number of rotatable bonds is 13. The summed E-state index contributed by atoms with van der Waals surface area (Å²) in [5.74, 6) is -2.71. The summed E-state index contributed by atoms with van der Waals surface area (Å²) in [5, 5.41) is 19.2. The van der Waals surface area contributed by atoms with Crippen LogP contribution in [0.5, 0.6) is 0 Å². The van der Waals surface area contributed by atoms with Gasteiger partial charge in [0.1, 0.15) is 24.6 Å². The van der Waals surface area contributed by atoms with Gasteiger partial charge in [-0.2, -0.15) is 0 Å². The van der Waals surface area contributed by atoms with Crippen LogP contribution < -0.4 is 21.0 Å². The molecule has 16 heteroatoms. The molecule has 0 spiro atoms. The van der Waals surface area contributed by atoms with Crippen molar-refractivity contribution in [1.29, 1.82) is 0 Å². The summed E-state index contributed by atoms with van der Waals surface area (Å²) in [6, 6.07) is 19.9. The van der Waals surface area contributed by atoms with Crippen LogP contribution in [-0.2, 0) is 34.0 Å². The Balaban J connectivity index is 0.975. The van der Waals surface area contributed by atoms with E-state index in [1.54, 1.807) is 59.7 Å². The molecule has 5 aromatic rings. The second-order valence-corrected chi connectivity index (χ2v) is 14.3. The smallest absolute Gasteiger partial charge is 0.410 e. The van der Waals surface area contributed by atoms with Gasteiger partial charge in [0.2, 0.25) is 11.3 Å². The Labute approximate surface area is 333 Å². The molecule has 15 nitrogen and oxygen atoms in total. The summed E-state index contributed by atoms with van der Waals surface area (Å²) < 4.78 is 33.4. The molecule has 1 saturated heterocycles. The lowest BCUT2D eigenvalue weighted by molar-refractivity contribution is -0.117. The van der Waals surface area contributed by atoms with Crippen molar-refractivity contribution in [2.24, 2.45) is 5.92 Å². The molecular formula is C42H45FN6O9. The number of fused-ring (bicyclic) bond motifs is 1. The maximum atomic E-state index is 15.3. The average Bonchev–Trinajstić information content (AvgIpc) is 3.71. The molecule has 0 aliphatic carbocycles. The minimum atomic E-state index is -1.38. The molecule has 2 atom stereocenters. The zero-order valence-electron chi connectivity index (χ0n) is 32.6. The van der Waals surface area contributed by atoms with Gasteiger partial charge in [0, 0.05) is 56.1 Å². The fourth-order valence-electron chi connectivity index (χ4n) is 6.60. The molecule has 58 heavy (non-hydrogen) atoms. The van der Waals surface area contributed by atoms with E-state index in [4.69, 9.17) is 14.0 Å². The molecule has 0 radical (unpaired) electrons. The summed E-state index contributed by atoms with van der Waals surface area (Å²) in [7, 11) is 0. The number of amides is 3. The Morgan fingerprint density at radius 1 is 0.914 bits per heavy atom. The zero-order valence-corrected chi connectivity index (χ0v) is 32.6. The second kappa shape index (κ2) is 18.0. The van der Waals surface area contributed by atoms with E-state index in [2.05, 4.69) is 15.8 Å². The number of aromatic carboxylic acids is 1. The first-order chi connectivity index (χ1) is 27.8. The van der Waals surface area contributed by atoms with Gasteiger partial charge in [-0.15, -0.1) is 0 Å². The number of halogens is 1. The highest BCUT2D eigenvalue weighted by Crippen LogP contribution is 2.28. The SMILES string of the molecule is CCn1cc(C(=O)O)c(=O)c2cc(F)c(N3CCN(C(=O)OCc4ccc(NC(=O)C(C)c5cc([C@@H](NC(=O)OCc6ccccc6)C(C)C)on5)cc4)CC3)cc21. The molecule has 1 unspecified atom stereocenters. The van der Waals surface area contributed by atoms with Crippen molar-refractivity contribution < 1.29 is 42.7 Å². The Kier molecular flexibility index (Phi) is 12.7. The van der Waals surface area contributed by atoms with Crippen LogP contribution in [0.3, 0.4) is 0 Å². The molecule has 1 aliphatic heterocycles. The van der Waals surface area contributed by atoms with E-state index < -0.39 is 46.9 Å². The number of benzene rings is 3. The van der Waals surface area contributed by atoms with Gasteiger partial charge in [0.25, 0.3) is 0 Å². The lowest BCUT2D eigenvalue weighted by atomic mass is 10.00. The Hall–Kier alpha value is -6.71. The number of anilines is 2. The van der Waals surface area contributed by atoms with E-state index in [1.807, 2.05) is 44.2 Å². The van der Waals surface area contributed by atoms with Gasteiger partial charge in [-0.1, -0.05) is 61.5 Å². The number of aryl methyl sites for hydroxylation is 1. The van der Waals surface area contributed by atoms with Crippen LogP contribution in [0.15, 0.2) is 88.3 Å². The van der Waals surface area contributed by atoms with E-state index >= 15 is 4.39 Å². The van der Waals surface area contributed by atoms with E-state index in [9.17, 15) is 29.1 Å². The number of piperazine rings is 1. The van der Waals surface area contributed by atoms with Crippen molar-refractivity contribution >= 4 is 46.3 Å². The summed E-state index contributed by atoms with van der Waals surface area (Å²) in [6.07, 6.45) is 0.130. The number of hydrogen-bond donors (Lipinski definition) is 3. The first-order valence-corrected chi connectivity index (χ1v) is 18.9. The highest BCUT2D eigenvalue weighted by molar-refractivity contribution is 5.95. The number of hydrogen-bond acceptors (Lipinski definition) is 10. The summed E-state index contributed by atoms with van der Waals surface area (Å²) in [6.45, 7) is 8.95. The molecule has 6 rings (SSSR count). The van der Waals surface area contributed by atoms with Gasteiger partial charge in [0.05, 0.1) is 28.9 Å². The molecule has 3 amide bonds. The quantitative estimate of drug-likeness (QED) is 0.116. The largest absolute Gasteiger partial charge is 0.477 e. The number of carboxylic acids is 1. The molecule has 3 N–H and O–H groups in total. The van der Waals surface area contributed by atoms with Crippen molar-refractivity contribution in [3.8, 4) is 0 Å². The summed E-state index contributed by atoms with van der Waals surface area (Å²) in [4.78, 5) is 66.2. The van der Waals surface area contributed by atoms with Gasteiger partial charge < -0.3 is 44.1 Å². The van der Waals surface area contributed by atoms with Crippen molar-refractivity contribution in [2.45, 2.75) is 59.4 Å². The fraction of sp³-hybridized carbons (Fsp3) is 0.333. The first-order valence-electron chi connectivity index (χ1n) is 18.9. The first kappa shape index (κ1) is 40.9. The normalized spacial score (nSPS) is 13.9. The van der Waals surface area contributed by atoms with Crippen LogP contribution >= 0.6 is 0 Å². The number of aromatic nitrogens is 2. The maximum Gasteiger partial charge on any atom is 0.410 e. The van der Waals surface area contributed by atoms with Crippen molar-refractivity contribution in [2.75, 3.05) is 36.4 Å². The van der Waals surface area contributed by atoms with Gasteiger partial charge in [-0.3, -0.25) is 9.59 Å². The number of nitrogens with one attached hydrogen (secondary N) is 2. The number of ether oxygens (including phenoxy) is 2. The topological polar surface area (TPSA) is 186 Å².